The molecule has 1 aromatic rings. The maximum Gasteiger partial charge on any atom is 0.433 e. The minimum atomic E-state index is -4.91. The van der Waals surface area contributed by atoms with Gasteiger partial charge in [0.25, 0.3) is 0 Å². The van der Waals surface area contributed by atoms with Crippen molar-refractivity contribution in [3.05, 3.63) is 35.9 Å². The van der Waals surface area contributed by atoms with Crippen molar-refractivity contribution in [3.63, 3.8) is 0 Å². The smallest absolute Gasteiger partial charge is 0.433 e. The fourth-order valence-electron chi connectivity index (χ4n) is 0.958. The van der Waals surface area contributed by atoms with E-state index in [4.69, 9.17) is 5.11 Å². The van der Waals surface area contributed by atoms with Crippen molar-refractivity contribution in [2.24, 2.45) is 0 Å². The van der Waals surface area contributed by atoms with Crippen molar-refractivity contribution in [2.45, 2.75) is 19.0 Å². The summed E-state index contributed by atoms with van der Waals surface area (Å²) in [6, 6.07) is 8.43. The Balaban J connectivity index is 2.36. The summed E-state index contributed by atoms with van der Waals surface area (Å²) in [5.41, 5.74) is 0.629. The van der Waals surface area contributed by atoms with E-state index in [9.17, 15) is 18.0 Å². The minimum Gasteiger partial charge on any atom is -0.445 e. The summed E-state index contributed by atoms with van der Waals surface area (Å²) in [5.74, 6) is 0. The maximum absolute atomic E-state index is 11.9. The van der Waals surface area contributed by atoms with Gasteiger partial charge in [0.05, 0.1) is 0 Å². The molecule has 0 fully saturated rings. The summed E-state index contributed by atoms with van der Waals surface area (Å²) in [6.07, 6.45) is -9.17. The van der Waals surface area contributed by atoms with Gasteiger partial charge in [0.2, 0.25) is 6.23 Å². The third kappa shape index (κ3) is 4.73. The molecule has 1 unspecified atom stereocenters. The molecule has 0 aliphatic rings. The van der Waals surface area contributed by atoms with Crippen LogP contribution in [0.5, 0.6) is 0 Å². The first-order chi connectivity index (χ1) is 7.89. The van der Waals surface area contributed by atoms with Crippen LogP contribution in [-0.2, 0) is 11.3 Å². The van der Waals surface area contributed by atoms with E-state index in [1.165, 1.54) is 5.32 Å². The largest absolute Gasteiger partial charge is 0.445 e. The third-order valence-corrected chi connectivity index (χ3v) is 1.78. The average molecular weight is 249 g/mol. The van der Waals surface area contributed by atoms with E-state index in [1.807, 2.05) is 0 Å². The Bertz CT molecular complexity index is 367. The highest BCUT2D eigenvalue weighted by Crippen LogP contribution is 2.18. The fourth-order valence-corrected chi connectivity index (χ4v) is 0.958. The van der Waals surface area contributed by atoms with Gasteiger partial charge in [-0.2, -0.15) is 13.2 Å². The Labute approximate surface area is 95.0 Å². The lowest BCUT2D eigenvalue weighted by atomic mass is 10.2. The number of alkyl halides is 3. The van der Waals surface area contributed by atoms with Crippen molar-refractivity contribution in [1.29, 1.82) is 0 Å². The molecule has 1 atom stereocenters. The number of amides is 1. The van der Waals surface area contributed by atoms with E-state index in [2.05, 4.69) is 4.74 Å². The molecule has 4 nitrogen and oxygen atoms in total. The fraction of sp³-hybridized carbons (Fsp3) is 0.300. The minimum absolute atomic E-state index is 0.169. The van der Waals surface area contributed by atoms with Crippen LogP contribution in [0.3, 0.4) is 0 Å². The Morgan fingerprint density at radius 2 is 1.94 bits per heavy atom. The number of benzene rings is 1. The summed E-state index contributed by atoms with van der Waals surface area (Å²) in [7, 11) is 0. The van der Waals surface area contributed by atoms with Crippen molar-refractivity contribution < 1.29 is 27.8 Å². The van der Waals surface area contributed by atoms with Gasteiger partial charge >= 0.3 is 12.3 Å². The van der Waals surface area contributed by atoms with E-state index >= 15 is 0 Å². The number of hydrogen-bond acceptors (Lipinski definition) is 3. The molecule has 1 amide bonds. The van der Waals surface area contributed by atoms with Crippen LogP contribution < -0.4 is 5.32 Å². The van der Waals surface area contributed by atoms with Crippen LogP contribution >= 0.6 is 0 Å². The summed E-state index contributed by atoms with van der Waals surface area (Å²) in [6.45, 7) is -0.169. The van der Waals surface area contributed by atoms with E-state index in [0.29, 0.717) is 5.56 Å². The van der Waals surface area contributed by atoms with Crippen molar-refractivity contribution in [1.82, 2.24) is 5.32 Å². The molecule has 0 bridgehead atoms. The van der Waals surface area contributed by atoms with Crippen LogP contribution in [0, 0.1) is 0 Å². The third-order valence-electron chi connectivity index (χ3n) is 1.78. The zero-order valence-electron chi connectivity index (χ0n) is 8.57. The zero-order chi connectivity index (χ0) is 12.9. The van der Waals surface area contributed by atoms with Crippen LogP contribution in [0.15, 0.2) is 30.3 Å². The number of halogens is 3. The quantitative estimate of drug-likeness (QED) is 0.803. The number of aliphatic hydroxyl groups excluding tert-OH is 1. The molecular weight excluding hydrogens is 239 g/mol. The molecule has 2 N–H and O–H groups in total. The average Bonchev–Trinajstić information content (AvgIpc) is 2.26. The Morgan fingerprint density at radius 3 is 2.47 bits per heavy atom. The highest BCUT2D eigenvalue weighted by molar-refractivity contribution is 5.67. The molecule has 17 heavy (non-hydrogen) atoms. The van der Waals surface area contributed by atoms with Gasteiger partial charge < -0.3 is 9.84 Å². The van der Waals surface area contributed by atoms with Crippen molar-refractivity contribution in [3.8, 4) is 0 Å². The van der Waals surface area contributed by atoms with Gasteiger partial charge in [-0.3, -0.25) is 5.32 Å². The van der Waals surface area contributed by atoms with Crippen molar-refractivity contribution >= 4 is 6.09 Å². The number of aliphatic hydroxyl groups is 1. The molecule has 0 saturated carbocycles. The predicted octanol–water partition coefficient (Wildman–Crippen LogP) is 1.79. The van der Waals surface area contributed by atoms with Gasteiger partial charge in [-0.1, -0.05) is 30.3 Å². The molecule has 7 heteroatoms. The summed E-state index contributed by atoms with van der Waals surface area (Å²) in [4.78, 5) is 10.9. The first-order valence-electron chi connectivity index (χ1n) is 4.61. The second kappa shape index (κ2) is 5.53. The van der Waals surface area contributed by atoms with Gasteiger partial charge in [-0.15, -0.1) is 0 Å². The molecule has 0 spiro atoms. The number of nitrogens with one attached hydrogen (secondary N) is 1. The van der Waals surface area contributed by atoms with E-state index in [1.54, 1.807) is 30.3 Å². The molecule has 0 aliphatic carbocycles. The first-order valence-corrected chi connectivity index (χ1v) is 4.61. The SMILES string of the molecule is O=C(NC(O)C(F)(F)F)OCc1ccccc1. The number of carbonyl (C=O) groups excluding carboxylic acids is 1. The number of alkyl carbamates (subject to hydrolysis) is 1. The van der Waals surface area contributed by atoms with E-state index in [0.717, 1.165) is 0 Å². The summed E-state index contributed by atoms with van der Waals surface area (Å²) < 4.78 is 40.0. The molecule has 0 saturated heterocycles. The molecular formula is C10H10F3NO3. The van der Waals surface area contributed by atoms with E-state index in [-0.39, 0.29) is 6.61 Å². The Hall–Kier alpha value is -1.76. The molecule has 0 aliphatic heterocycles. The normalized spacial score (nSPS) is 12.9. The molecule has 1 aromatic carbocycles. The lowest BCUT2D eigenvalue weighted by molar-refractivity contribution is -0.210. The lowest BCUT2D eigenvalue weighted by Crippen LogP contribution is -2.45. The van der Waals surface area contributed by atoms with Crippen LogP contribution in [0.2, 0.25) is 0 Å². The van der Waals surface area contributed by atoms with Crippen LogP contribution in [0.1, 0.15) is 5.56 Å². The van der Waals surface area contributed by atoms with Crippen LogP contribution in [0.4, 0.5) is 18.0 Å². The van der Waals surface area contributed by atoms with Crippen LogP contribution in [0.25, 0.3) is 0 Å². The topological polar surface area (TPSA) is 58.6 Å². The standard InChI is InChI=1S/C10H10F3NO3/c11-10(12,13)8(15)14-9(16)17-6-7-4-2-1-3-5-7/h1-5,8,15H,6H2,(H,14,16). The van der Waals surface area contributed by atoms with Gasteiger partial charge in [0.1, 0.15) is 6.61 Å². The maximum atomic E-state index is 11.9. The highest BCUT2D eigenvalue weighted by atomic mass is 19.4. The first kappa shape index (κ1) is 13.3. The second-order valence-corrected chi connectivity index (χ2v) is 3.15. The van der Waals surface area contributed by atoms with Gasteiger partial charge in [0, 0.05) is 0 Å². The second-order valence-electron chi connectivity index (χ2n) is 3.15. The summed E-state index contributed by atoms with van der Waals surface area (Å²) >= 11 is 0. The molecule has 0 heterocycles. The number of rotatable bonds is 3. The van der Waals surface area contributed by atoms with Crippen molar-refractivity contribution in [2.75, 3.05) is 0 Å². The zero-order valence-corrected chi connectivity index (χ0v) is 8.57. The Kier molecular flexibility index (Phi) is 4.33. The molecule has 1 rings (SSSR count). The van der Waals surface area contributed by atoms with Gasteiger partial charge in [-0.25, -0.2) is 4.79 Å². The molecule has 94 valence electrons. The number of hydrogen-bond donors (Lipinski definition) is 2. The highest BCUT2D eigenvalue weighted by Gasteiger charge is 2.39. The monoisotopic (exact) mass is 249 g/mol. The molecule has 0 radical (unpaired) electrons. The lowest BCUT2D eigenvalue weighted by Gasteiger charge is -2.15. The number of ether oxygens (including phenoxy) is 1. The van der Waals surface area contributed by atoms with E-state index < -0.39 is 18.5 Å². The van der Waals surface area contributed by atoms with Gasteiger partial charge in [-0.05, 0) is 5.56 Å². The van der Waals surface area contributed by atoms with Gasteiger partial charge in [0.15, 0.2) is 0 Å². The predicted molar refractivity (Wildman–Crippen MR) is 51.8 cm³/mol. The van der Waals surface area contributed by atoms with Crippen LogP contribution in [-0.4, -0.2) is 23.6 Å². The molecule has 0 aromatic heterocycles. The number of carbonyl (C=O) groups is 1. The summed E-state index contributed by atoms with van der Waals surface area (Å²) in [5, 5.41) is 9.78. The Morgan fingerprint density at radius 1 is 1.35 bits per heavy atom.